The van der Waals surface area contributed by atoms with Gasteiger partial charge in [-0.1, -0.05) is 180 Å². The Morgan fingerprint density at radius 3 is 1.54 bits per heavy atom. The van der Waals surface area contributed by atoms with Crippen LogP contribution in [0.1, 0.15) is 75.3 Å². The van der Waals surface area contributed by atoms with E-state index in [2.05, 4.69) is 222 Å². The maximum absolute atomic E-state index is 2.46. The Morgan fingerprint density at radius 1 is 0.444 bits per heavy atom. The van der Waals surface area contributed by atoms with E-state index in [0.29, 0.717) is 0 Å². The van der Waals surface area contributed by atoms with Crippen molar-refractivity contribution in [3.63, 3.8) is 0 Å². The van der Waals surface area contributed by atoms with E-state index in [4.69, 9.17) is 0 Å². The van der Waals surface area contributed by atoms with E-state index in [-0.39, 0.29) is 10.8 Å². The summed E-state index contributed by atoms with van der Waals surface area (Å²) >= 11 is 0. The largest absolute Gasteiger partial charge is 0.310 e. The highest BCUT2D eigenvalue weighted by Crippen LogP contribution is 2.54. The van der Waals surface area contributed by atoms with E-state index in [1.807, 2.05) is 0 Å². The SMILES string of the molecule is CCC1(CC)c2cc(/C=C/c3ccc(-c4ccc(-c5ccccc5)cc4C(C)(C)C)cc3)ccc2-c2ccc(N(c3ccccc3)c3ccccc3)cc21. The van der Waals surface area contributed by atoms with Crippen LogP contribution in [-0.4, -0.2) is 0 Å². The van der Waals surface area contributed by atoms with Crippen LogP contribution in [0.4, 0.5) is 17.1 Å². The van der Waals surface area contributed by atoms with Crippen LogP contribution in [0.15, 0.2) is 170 Å². The van der Waals surface area contributed by atoms with E-state index in [9.17, 15) is 0 Å². The summed E-state index contributed by atoms with van der Waals surface area (Å²) in [5.74, 6) is 0. The number of anilines is 3. The standard InChI is InChI=1S/C53H49N/c1-6-53(7-2)50-35-39(24-23-38-25-28-41(29-26-38)46-33-30-42(36-49(46)52(3,4)5)40-17-11-8-12-18-40)27-32-47(50)48-34-31-45(37-51(48)53)54(43-19-13-9-14-20-43)44-21-15-10-16-22-44/h8-37H,6-7H2,1-5H3/b24-23+. The van der Waals surface area contributed by atoms with E-state index < -0.39 is 0 Å². The molecule has 1 nitrogen and oxygen atoms in total. The molecule has 0 N–H and O–H groups in total. The number of nitrogens with zero attached hydrogens (tertiary/aromatic N) is 1. The summed E-state index contributed by atoms with van der Waals surface area (Å²) in [5, 5.41) is 0. The predicted molar refractivity (Wildman–Crippen MR) is 233 cm³/mol. The third kappa shape index (κ3) is 6.49. The van der Waals surface area contributed by atoms with Gasteiger partial charge in [-0.25, -0.2) is 0 Å². The van der Waals surface area contributed by atoms with Gasteiger partial charge in [0.05, 0.1) is 0 Å². The van der Waals surface area contributed by atoms with Crippen molar-refractivity contribution in [3.8, 4) is 33.4 Å². The molecule has 0 amide bonds. The molecule has 0 fully saturated rings. The first-order chi connectivity index (χ1) is 26.3. The van der Waals surface area contributed by atoms with Gasteiger partial charge < -0.3 is 4.90 Å². The second kappa shape index (κ2) is 14.5. The van der Waals surface area contributed by atoms with Crippen LogP contribution in [0.2, 0.25) is 0 Å². The number of para-hydroxylation sites is 2. The maximum Gasteiger partial charge on any atom is 0.0465 e. The summed E-state index contributed by atoms with van der Waals surface area (Å²) in [6.45, 7) is 11.6. The highest BCUT2D eigenvalue weighted by atomic mass is 15.1. The Balaban J connectivity index is 1.09. The van der Waals surface area contributed by atoms with Gasteiger partial charge in [-0.3, -0.25) is 0 Å². The predicted octanol–water partition coefficient (Wildman–Crippen LogP) is 15.0. The first-order valence-corrected chi connectivity index (χ1v) is 19.5. The van der Waals surface area contributed by atoms with Crippen LogP contribution in [0.25, 0.3) is 45.5 Å². The average Bonchev–Trinajstić information content (AvgIpc) is 3.49. The molecule has 8 rings (SSSR count). The zero-order chi connectivity index (χ0) is 37.3. The van der Waals surface area contributed by atoms with Crippen molar-refractivity contribution in [3.05, 3.63) is 198 Å². The zero-order valence-corrected chi connectivity index (χ0v) is 32.2. The molecule has 1 aliphatic carbocycles. The second-order valence-electron chi connectivity index (χ2n) is 15.7. The number of hydrogen-bond acceptors (Lipinski definition) is 1. The van der Waals surface area contributed by atoms with E-state index >= 15 is 0 Å². The van der Waals surface area contributed by atoms with Crippen LogP contribution in [0.3, 0.4) is 0 Å². The van der Waals surface area contributed by atoms with Crippen molar-refractivity contribution in [2.75, 3.05) is 4.90 Å². The van der Waals surface area contributed by atoms with Gasteiger partial charge in [0.1, 0.15) is 0 Å². The summed E-state index contributed by atoms with van der Waals surface area (Å²) in [6, 6.07) is 62.3. The molecule has 0 spiro atoms. The van der Waals surface area contributed by atoms with Gasteiger partial charge in [-0.2, -0.15) is 0 Å². The molecule has 54 heavy (non-hydrogen) atoms. The van der Waals surface area contributed by atoms with Crippen molar-refractivity contribution in [1.82, 2.24) is 0 Å². The van der Waals surface area contributed by atoms with E-state index in [0.717, 1.165) is 24.2 Å². The Bertz CT molecular complexity index is 2370. The third-order valence-electron chi connectivity index (χ3n) is 11.5. The first kappa shape index (κ1) is 35.1. The topological polar surface area (TPSA) is 3.24 Å². The van der Waals surface area contributed by atoms with Crippen LogP contribution in [0, 0.1) is 0 Å². The molecule has 1 heteroatoms. The molecule has 0 heterocycles. The lowest BCUT2D eigenvalue weighted by atomic mass is 9.73. The van der Waals surface area contributed by atoms with Gasteiger partial charge in [0, 0.05) is 22.5 Å². The molecule has 0 saturated carbocycles. The molecule has 0 aromatic heterocycles. The fraction of sp³-hybridized carbons (Fsp3) is 0.170. The lowest BCUT2D eigenvalue weighted by molar-refractivity contribution is 0.490. The van der Waals surface area contributed by atoms with Crippen molar-refractivity contribution in [2.45, 2.75) is 58.3 Å². The molecule has 0 saturated heterocycles. The minimum absolute atomic E-state index is 0.0167. The molecule has 7 aromatic rings. The van der Waals surface area contributed by atoms with Crippen molar-refractivity contribution >= 4 is 29.2 Å². The van der Waals surface area contributed by atoms with Crippen molar-refractivity contribution in [1.29, 1.82) is 0 Å². The average molecular weight is 700 g/mol. The van der Waals surface area contributed by atoms with E-state index in [1.165, 1.54) is 66.9 Å². The van der Waals surface area contributed by atoms with E-state index in [1.54, 1.807) is 0 Å². The normalized spacial score (nSPS) is 13.1. The molecular weight excluding hydrogens is 651 g/mol. The fourth-order valence-corrected chi connectivity index (χ4v) is 8.55. The summed E-state index contributed by atoms with van der Waals surface area (Å²) < 4.78 is 0. The van der Waals surface area contributed by atoms with Gasteiger partial charge in [0.25, 0.3) is 0 Å². The highest BCUT2D eigenvalue weighted by molar-refractivity contribution is 5.87. The van der Waals surface area contributed by atoms with Gasteiger partial charge in [0.15, 0.2) is 0 Å². The molecular formula is C53H49N. The Hall–Kier alpha value is -5.92. The molecule has 0 unspecified atom stereocenters. The fourth-order valence-electron chi connectivity index (χ4n) is 8.55. The zero-order valence-electron chi connectivity index (χ0n) is 32.2. The van der Waals surface area contributed by atoms with Gasteiger partial charge in [-0.05, 0) is 116 Å². The molecule has 0 bridgehead atoms. The van der Waals surface area contributed by atoms with Gasteiger partial charge in [0.2, 0.25) is 0 Å². The molecule has 0 radical (unpaired) electrons. The van der Waals surface area contributed by atoms with Crippen molar-refractivity contribution < 1.29 is 0 Å². The third-order valence-corrected chi connectivity index (χ3v) is 11.5. The lowest BCUT2D eigenvalue weighted by Gasteiger charge is -2.32. The van der Waals surface area contributed by atoms with Crippen LogP contribution >= 0.6 is 0 Å². The Morgan fingerprint density at radius 2 is 0.944 bits per heavy atom. The quantitative estimate of drug-likeness (QED) is 0.136. The maximum atomic E-state index is 2.46. The number of benzene rings is 7. The first-order valence-electron chi connectivity index (χ1n) is 19.5. The van der Waals surface area contributed by atoms with Gasteiger partial charge in [-0.15, -0.1) is 0 Å². The molecule has 0 aliphatic heterocycles. The smallest absolute Gasteiger partial charge is 0.0465 e. The van der Waals surface area contributed by atoms with Crippen LogP contribution in [-0.2, 0) is 10.8 Å². The minimum Gasteiger partial charge on any atom is -0.310 e. The minimum atomic E-state index is -0.0496. The Kier molecular flexibility index (Phi) is 9.42. The lowest BCUT2D eigenvalue weighted by Crippen LogP contribution is -2.23. The molecule has 0 atom stereocenters. The summed E-state index contributed by atoms with van der Waals surface area (Å²) in [6.07, 6.45) is 6.62. The van der Waals surface area contributed by atoms with Crippen LogP contribution in [0.5, 0.6) is 0 Å². The molecule has 266 valence electrons. The second-order valence-corrected chi connectivity index (χ2v) is 15.7. The summed E-state index contributed by atoms with van der Waals surface area (Å²) in [4.78, 5) is 2.38. The van der Waals surface area contributed by atoms with Crippen molar-refractivity contribution in [2.24, 2.45) is 0 Å². The number of fused-ring (bicyclic) bond motifs is 3. The summed E-state index contributed by atoms with van der Waals surface area (Å²) in [5.41, 5.74) is 17.9. The Labute approximate surface area is 322 Å². The monoisotopic (exact) mass is 699 g/mol. The molecule has 1 aliphatic rings. The highest BCUT2D eigenvalue weighted by Gasteiger charge is 2.41. The number of rotatable bonds is 9. The summed E-state index contributed by atoms with van der Waals surface area (Å²) in [7, 11) is 0. The molecule has 7 aromatic carbocycles. The van der Waals surface area contributed by atoms with Gasteiger partial charge >= 0.3 is 0 Å². The number of hydrogen-bond donors (Lipinski definition) is 0. The van der Waals surface area contributed by atoms with Crippen LogP contribution < -0.4 is 4.90 Å².